The van der Waals surface area contributed by atoms with Gasteiger partial charge in [0, 0.05) is 11.8 Å². The van der Waals surface area contributed by atoms with Gasteiger partial charge in [0.1, 0.15) is 5.75 Å². The van der Waals surface area contributed by atoms with Gasteiger partial charge in [-0.3, -0.25) is 0 Å². The quantitative estimate of drug-likeness (QED) is 0.636. The van der Waals surface area contributed by atoms with Crippen molar-refractivity contribution in [1.29, 1.82) is 0 Å². The van der Waals surface area contributed by atoms with E-state index < -0.39 is 29.1 Å². The van der Waals surface area contributed by atoms with Gasteiger partial charge in [-0.15, -0.1) is 0 Å². The lowest BCUT2D eigenvalue weighted by atomic mass is 10.2. The Labute approximate surface area is 132 Å². The van der Waals surface area contributed by atoms with E-state index in [1.807, 2.05) is 0 Å². The van der Waals surface area contributed by atoms with Crippen LogP contribution in [0.25, 0.3) is 0 Å². The molecule has 0 atom stereocenters. The number of halogens is 5. The number of ether oxygens (including phenoxy) is 1. The highest BCUT2D eigenvalue weighted by Gasteiger charge is 2.33. The van der Waals surface area contributed by atoms with E-state index in [0.29, 0.717) is 5.69 Å². The van der Waals surface area contributed by atoms with E-state index in [2.05, 4.69) is 17.5 Å². The van der Waals surface area contributed by atoms with Crippen LogP contribution in [0.5, 0.6) is 11.5 Å². The first-order valence-electron chi connectivity index (χ1n) is 6.07. The summed E-state index contributed by atoms with van der Waals surface area (Å²) < 4.78 is 69.8. The number of anilines is 1. The maximum atomic E-state index is 13.7. The van der Waals surface area contributed by atoms with Crippen LogP contribution >= 0.6 is 12.2 Å². The van der Waals surface area contributed by atoms with Crippen LogP contribution in [0.2, 0.25) is 0 Å². The second kappa shape index (κ2) is 6.37. The molecule has 3 N–H and O–H groups in total. The highest BCUT2D eigenvalue weighted by molar-refractivity contribution is 7.80. The van der Waals surface area contributed by atoms with Crippen LogP contribution in [-0.4, -0.2) is 5.11 Å². The van der Waals surface area contributed by atoms with Crippen molar-refractivity contribution in [1.82, 2.24) is 0 Å². The fourth-order valence-corrected chi connectivity index (χ4v) is 1.84. The van der Waals surface area contributed by atoms with Gasteiger partial charge in [0.15, 0.2) is 22.5 Å². The Kier molecular flexibility index (Phi) is 4.69. The molecular formula is C14H9F5N2OS. The van der Waals surface area contributed by atoms with Gasteiger partial charge < -0.3 is 15.8 Å². The van der Waals surface area contributed by atoms with Gasteiger partial charge in [-0.1, -0.05) is 6.07 Å². The molecule has 0 heterocycles. The molecule has 0 fully saturated rings. The van der Waals surface area contributed by atoms with Crippen molar-refractivity contribution in [2.75, 3.05) is 5.32 Å². The molecule has 0 aliphatic rings. The lowest BCUT2D eigenvalue weighted by molar-refractivity contribution is -0.138. The van der Waals surface area contributed by atoms with E-state index in [1.165, 1.54) is 18.2 Å². The number of hydrogen-bond acceptors (Lipinski definition) is 2. The molecular weight excluding hydrogens is 339 g/mol. The standard InChI is InChI=1S/C14H9F5N2OS/c15-10-4-7(14(17,18)19)5-11(16)12(10)22-9-3-1-2-8(6-9)21-13(20)23/h1-6H,(H3,20,21,23). The van der Waals surface area contributed by atoms with Gasteiger partial charge >= 0.3 is 6.18 Å². The van der Waals surface area contributed by atoms with Gasteiger partial charge in [0.25, 0.3) is 0 Å². The number of nitrogens with two attached hydrogens (primary N) is 1. The average Bonchev–Trinajstić information content (AvgIpc) is 2.41. The molecule has 0 unspecified atom stereocenters. The number of hydrogen-bond donors (Lipinski definition) is 2. The molecule has 23 heavy (non-hydrogen) atoms. The van der Waals surface area contributed by atoms with E-state index in [-0.39, 0.29) is 23.0 Å². The molecule has 2 aromatic carbocycles. The first-order valence-corrected chi connectivity index (χ1v) is 6.48. The van der Waals surface area contributed by atoms with Gasteiger partial charge in [0.05, 0.1) is 5.56 Å². The fourth-order valence-electron chi connectivity index (χ4n) is 1.72. The van der Waals surface area contributed by atoms with E-state index in [4.69, 9.17) is 10.5 Å². The smallest absolute Gasteiger partial charge is 0.416 e. The normalized spacial score (nSPS) is 11.2. The van der Waals surface area contributed by atoms with Crippen molar-refractivity contribution >= 4 is 23.0 Å². The Bertz CT molecular complexity index is 725. The van der Waals surface area contributed by atoms with Crippen molar-refractivity contribution in [2.45, 2.75) is 6.18 Å². The molecule has 3 nitrogen and oxygen atoms in total. The summed E-state index contributed by atoms with van der Waals surface area (Å²) in [6, 6.07) is 6.06. The molecule has 0 saturated heterocycles. The molecule has 122 valence electrons. The number of thiocarbonyl (C=S) groups is 1. The van der Waals surface area contributed by atoms with E-state index in [1.54, 1.807) is 6.07 Å². The van der Waals surface area contributed by atoms with Crippen LogP contribution in [0, 0.1) is 11.6 Å². The summed E-state index contributed by atoms with van der Waals surface area (Å²) in [6.07, 6.45) is -4.86. The first kappa shape index (κ1) is 16.9. The van der Waals surface area contributed by atoms with Crippen molar-refractivity contribution < 1.29 is 26.7 Å². The Morgan fingerprint density at radius 3 is 2.22 bits per heavy atom. The Morgan fingerprint density at radius 1 is 1.09 bits per heavy atom. The van der Waals surface area contributed by atoms with Gasteiger partial charge in [-0.05, 0) is 36.5 Å². The number of benzene rings is 2. The maximum absolute atomic E-state index is 13.7. The summed E-state index contributed by atoms with van der Waals surface area (Å²) in [4.78, 5) is 0. The topological polar surface area (TPSA) is 47.3 Å². The third-order valence-corrected chi connectivity index (χ3v) is 2.75. The Balaban J connectivity index is 2.32. The highest BCUT2D eigenvalue weighted by atomic mass is 32.1. The molecule has 0 bridgehead atoms. The van der Waals surface area contributed by atoms with Crippen LogP contribution in [0.1, 0.15) is 5.56 Å². The largest absolute Gasteiger partial charge is 0.451 e. The van der Waals surface area contributed by atoms with Crippen molar-refractivity contribution in [2.24, 2.45) is 5.73 Å². The number of rotatable bonds is 3. The minimum absolute atomic E-state index is 0.0104. The van der Waals surface area contributed by atoms with Gasteiger partial charge in [-0.2, -0.15) is 13.2 Å². The predicted octanol–water partition coefficient (Wildman–Crippen LogP) is 4.43. The second-order valence-electron chi connectivity index (χ2n) is 4.39. The predicted molar refractivity (Wildman–Crippen MR) is 78.3 cm³/mol. The molecule has 0 radical (unpaired) electrons. The summed E-state index contributed by atoms with van der Waals surface area (Å²) in [5.41, 5.74) is 4.24. The minimum Gasteiger partial charge on any atom is -0.451 e. The van der Waals surface area contributed by atoms with E-state index in [0.717, 1.165) is 0 Å². The zero-order valence-electron chi connectivity index (χ0n) is 11.2. The van der Waals surface area contributed by atoms with Gasteiger partial charge in [0.2, 0.25) is 0 Å². The van der Waals surface area contributed by atoms with Crippen LogP contribution in [0.3, 0.4) is 0 Å². The third kappa shape index (κ3) is 4.28. The lowest BCUT2D eigenvalue weighted by Gasteiger charge is -2.12. The van der Waals surface area contributed by atoms with Crippen molar-refractivity contribution in [3.05, 3.63) is 53.6 Å². The monoisotopic (exact) mass is 348 g/mol. The minimum atomic E-state index is -4.86. The van der Waals surface area contributed by atoms with Crippen molar-refractivity contribution in [3.63, 3.8) is 0 Å². The average molecular weight is 348 g/mol. The molecule has 9 heteroatoms. The Morgan fingerprint density at radius 2 is 1.70 bits per heavy atom. The summed E-state index contributed by atoms with van der Waals surface area (Å²) in [6.45, 7) is 0. The first-order chi connectivity index (χ1) is 10.7. The molecule has 2 rings (SSSR count). The van der Waals surface area contributed by atoms with Crippen LogP contribution in [-0.2, 0) is 6.18 Å². The number of alkyl halides is 3. The fraction of sp³-hybridized carbons (Fsp3) is 0.0714. The molecule has 0 aliphatic carbocycles. The van der Waals surface area contributed by atoms with Crippen molar-refractivity contribution in [3.8, 4) is 11.5 Å². The van der Waals surface area contributed by atoms with E-state index in [9.17, 15) is 22.0 Å². The Hall–Kier alpha value is -2.42. The number of nitrogens with one attached hydrogen (secondary N) is 1. The third-order valence-electron chi connectivity index (χ3n) is 2.65. The molecule has 2 aromatic rings. The molecule has 0 spiro atoms. The summed E-state index contributed by atoms with van der Waals surface area (Å²) in [5.74, 6) is -3.88. The second-order valence-corrected chi connectivity index (χ2v) is 4.83. The molecule has 0 aromatic heterocycles. The summed E-state index contributed by atoms with van der Waals surface area (Å²) in [5, 5.41) is 2.55. The van der Waals surface area contributed by atoms with Crippen LogP contribution in [0.4, 0.5) is 27.6 Å². The molecule has 0 amide bonds. The lowest BCUT2D eigenvalue weighted by Crippen LogP contribution is -2.18. The molecule has 0 saturated carbocycles. The summed E-state index contributed by atoms with van der Waals surface area (Å²) in [7, 11) is 0. The van der Waals surface area contributed by atoms with Crippen LogP contribution in [0.15, 0.2) is 36.4 Å². The summed E-state index contributed by atoms with van der Waals surface area (Å²) >= 11 is 4.64. The van der Waals surface area contributed by atoms with E-state index >= 15 is 0 Å². The van der Waals surface area contributed by atoms with Gasteiger partial charge in [-0.25, -0.2) is 8.78 Å². The molecule has 0 aliphatic heterocycles. The SMILES string of the molecule is NC(=S)Nc1cccc(Oc2c(F)cc(C(F)(F)F)cc2F)c1. The zero-order chi connectivity index (χ0) is 17.2. The zero-order valence-corrected chi connectivity index (χ0v) is 12.1. The maximum Gasteiger partial charge on any atom is 0.416 e. The van der Waals surface area contributed by atoms with Crippen LogP contribution < -0.4 is 15.8 Å². The highest BCUT2D eigenvalue weighted by Crippen LogP contribution is 2.35.